The van der Waals surface area contributed by atoms with Crippen molar-refractivity contribution in [1.82, 2.24) is 0 Å². The van der Waals surface area contributed by atoms with Gasteiger partial charge in [0.05, 0.1) is 0 Å². The number of hydrogen-bond acceptors (Lipinski definition) is 2. The number of aliphatic hydroxyl groups is 1. The Bertz CT molecular complexity index is 454. The van der Waals surface area contributed by atoms with Crippen molar-refractivity contribution in [3.63, 3.8) is 0 Å². The molecule has 1 N–H and O–H groups in total. The molecule has 1 nitrogen and oxygen atoms in total. The molecule has 4 heteroatoms. The maximum absolute atomic E-state index is 12.9. The number of halogens is 2. The van der Waals surface area contributed by atoms with Crippen LogP contribution < -0.4 is 0 Å². The third kappa shape index (κ3) is 2.06. The summed E-state index contributed by atoms with van der Waals surface area (Å²) in [5.41, 5.74) is 0.358. The summed E-state index contributed by atoms with van der Waals surface area (Å²) >= 11 is 1.37. The second-order valence-electron chi connectivity index (χ2n) is 3.09. The predicted molar refractivity (Wildman–Crippen MR) is 54.7 cm³/mol. The van der Waals surface area contributed by atoms with E-state index < -0.39 is 17.7 Å². The lowest BCUT2D eigenvalue weighted by Gasteiger charge is -2.08. The van der Waals surface area contributed by atoms with Gasteiger partial charge < -0.3 is 5.11 Å². The second kappa shape index (κ2) is 4.08. The second-order valence-corrected chi connectivity index (χ2v) is 4.07. The van der Waals surface area contributed by atoms with Crippen molar-refractivity contribution in [2.24, 2.45) is 0 Å². The summed E-state index contributed by atoms with van der Waals surface area (Å²) in [6.07, 6.45) is -0.889. The molecule has 1 aromatic heterocycles. The maximum Gasteiger partial charge on any atom is 0.159 e. The minimum atomic E-state index is -0.942. The Morgan fingerprint density at radius 2 is 1.93 bits per heavy atom. The molecule has 0 amide bonds. The van der Waals surface area contributed by atoms with Gasteiger partial charge in [0.25, 0.3) is 0 Å². The Morgan fingerprint density at radius 3 is 2.53 bits per heavy atom. The van der Waals surface area contributed by atoms with E-state index in [2.05, 4.69) is 0 Å². The van der Waals surface area contributed by atoms with E-state index in [1.165, 1.54) is 17.4 Å². The lowest BCUT2D eigenvalue weighted by molar-refractivity contribution is 0.223. The van der Waals surface area contributed by atoms with Crippen LogP contribution in [0.3, 0.4) is 0 Å². The summed E-state index contributed by atoms with van der Waals surface area (Å²) in [4.78, 5) is 0.709. The smallest absolute Gasteiger partial charge is 0.159 e. The van der Waals surface area contributed by atoms with Gasteiger partial charge in [-0.1, -0.05) is 12.1 Å². The number of benzene rings is 1. The molecular weight excluding hydrogens is 218 g/mol. The first-order valence-corrected chi connectivity index (χ1v) is 5.23. The van der Waals surface area contributed by atoms with Gasteiger partial charge in [-0.25, -0.2) is 8.78 Å². The molecule has 1 atom stereocenters. The highest BCUT2D eigenvalue weighted by molar-refractivity contribution is 7.10. The number of rotatable bonds is 2. The summed E-state index contributed by atoms with van der Waals surface area (Å²) in [7, 11) is 0. The monoisotopic (exact) mass is 226 g/mol. The van der Waals surface area contributed by atoms with Gasteiger partial charge in [0, 0.05) is 4.88 Å². The van der Waals surface area contributed by atoms with Gasteiger partial charge in [-0.15, -0.1) is 11.3 Å². The van der Waals surface area contributed by atoms with Crippen LogP contribution in [0.4, 0.5) is 8.78 Å². The van der Waals surface area contributed by atoms with E-state index in [-0.39, 0.29) is 0 Å². The molecule has 2 aromatic rings. The van der Waals surface area contributed by atoms with E-state index in [0.717, 1.165) is 12.1 Å². The first kappa shape index (κ1) is 10.3. The Labute approximate surface area is 89.6 Å². The molecule has 15 heavy (non-hydrogen) atoms. The van der Waals surface area contributed by atoms with E-state index in [9.17, 15) is 13.9 Å². The minimum Gasteiger partial charge on any atom is -0.383 e. The zero-order valence-corrected chi connectivity index (χ0v) is 8.47. The Balaban J connectivity index is 2.34. The quantitative estimate of drug-likeness (QED) is 0.834. The fourth-order valence-electron chi connectivity index (χ4n) is 1.29. The zero-order chi connectivity index (χ0) is 10.8. The molecule has 0 fully saturated rings. The molecule has 1 unspecified atom stereocenters. The van der Waals surface area contributed by atoms with Gasteiger partial charge in [-0.05, 0) is 29.1 Å². The van der Waals surface area contributed by atoms with Crippen molar-refractivity contribution >= 4 is 11.3 Å². The van der Waals surface area contributed by atoms with E-state index in [1.807, 2.05) is 5.38 Å². The van der Waals surface area contributed by atoms with Gasteiger partial charge in [0.15, 0.2) is 11.6 Å². The summed E-state index contributed by atoms with van der Waals surface area (Å²) < 4.78 is 25.5. The molecule has 0 aliphatic heterocycles. The number of hydrogen-bond donors (Lipinski definition) is 1. The minimum absolute atomic E-state index is 0.358. The molecule has 2 rings (SSSR count). The van der Waals surface area contributed by atoms with E-state index in [4.69, 9.17) is 0 Å². The number of aliphatic hydroxyl groups excluding tert-OH is 1. The Kier molecular flexibility index (Phi) is 2.79. The first-order valence-electron chi connectivity index (χ1n) is 4.35. The molecule has 1 aromatic carbocycles. The van der Waals surface area contributed by atoms with Crippen molar-refractivity contribution in [1.29, 1.82) is 0 Å². The highest BCUT2D eigenvalue weighted by Gasteiger charge is 2.13. The highest BCUT2D eigenvalue weighted by atomic mass is 32.1. The SMILES string of the molecule is OC(c1ccc(F)c(F)c1)c1cccs1. The van der Waals surface area contributed by atoms with Crippen molar-refractivity contribution in [3.8, 4) is 0 Å². The van der Waals surface area contributed by atoms with Crippen LogP contribution in [0.5, 0.6) is 0 Å². The van der Waals surface area contributed by atoms with Crippen LogP contribution in [0.25, 0.3) is 0 Å². The summed E-state index contributed by atoms with van der Waals surface area (Å²) in [5.74, 6) is -1.85. The molecule has 0 saturated heterocycles. The predicted octanol–water partition coefficient (Wildman–Crippen LogP) is 3.11. The fraction of sp³-hybridized carbons (Fsp3) is 0.0909. The van der Waals surface area contributed by atoms with Gasteiger partial charge in [0.1, 0.15) is 6.10 Å². The van der Waals surface area contributed by atoms with Crippen molar-refractivity contribution in [2.75, 3.05) is 0 Å². The van der Waals surface area contributed by atoms with Crippen molar-refractivity contribution < 1.29 is 13.9 Å². The average Bonchev–Trinajstić information content (AvgIpc) is 2.74. The maximum atomic E-state index is 12.9. The summed E-state index contributed by atoms with van der Waals surface area (Å²) in [6.45, 7) is 0. The van der Waals surface area contributed by atoms with E-state index in [0.29, 0.717) is 10.4 Å². The Hall–Kier alpha value is -1.26. The molecule has 0 aliphatic rings. The van der Waals surface area contributed by atoms with Crippen LogP contribution in [0.2, 0.25) is 0 Å². The van der Waals surface area contributed by atoms with Gasteiger partial charge >= 0.3 is 0 Å². The lowest BCUT2D eigenvalue weighted by atomic mass is 10.1. The average molecular weight is 226 g/mol. The zero-order valence-electron chi connectivity index (χ0n) is 7.65. The summed E-state index contributed by atoms with van der Waals surface area (Å²) in [5, 5.41) is 11.6. The first-order chi connectivity index (χ1) is 7.18. The molecule has 0 bridgehead atoms. The topological polar surface area (TPSA) is 20.2 Å². The van der Waals surface area contributed by atoms with Crippen LogP contribution in [0.15, 0.2) is 35.7 Å². The van der Waals surface area contributed by atoms with Gasteiger partial charge in [0.2, 0.25) is 0 Å². The molecule has 78 valence electrons. The largest absolute Gasteiger partial charge is 0.383 e. The van der Waals surface area contributed by atoms with E-state index >= 15 is 0 Å². The normalized spacial score (nSPS) is 12.7. The van der Waals surface area contributed by atoms with Crippen LogP contribution in [0.1, 0.15) is 16.5 Å². The lowest BCUT2D eigenvalue weighted by Crippen LogP contribution is -1.98. The molecule has 0 spiro atoms. The van der Waals surface area contributed by atoms with Crippen LogP contribution in [-0.2, 0) is 0 Å². The Morgan fingerprint density at radius 1 is 1.13 bits per heavy atom. The van der Waals surface area contributed by atoms with Crippen molar-refractivity contribution in [3.05, 3.63) is 57.8 Å². The number of thiophene rings is 1. The molecule has 0 radical (unpaired) electrons. The van der Waals surface area contributed by atoms with E-state index in [1.54, 1.807) is 12.1 Å². The van der Waals surface area contributed by atoms with Crippen LogP contribution in [0, 0.1) is 11.6 Å². The molecular formula is C11H8F2OS. The summed E-state index contributed by atoms with van der Waals surface area (Å²) in [6, 6.07) is 6.95. The highest BCUT2D eigenvalue weighted by Crippen LogP contribution is 2.26. The molecule has 0 saturated carbocycles. The van der Waals surface area contributed by atoms with Gasteiger partial charge in [-0.3, -0.25) is 0 Å². The van der Waals surface area contributed by atoms with Crippen LogP contribution >= 0.6 is 11.3 Å². The van der Waals surface area contributed by atoms with Crippen LogP contribution in [-0.4, -0.2) is 5.11 Å². The molecule has 0 aliphatic carbocycles. The third-order valence-electron chi connectivity index (χ3n) is 2.07. The van der Waals surface area contributed by atoms with Gasteiger partial charge in [-0.2, -0.15) is 0 Å². The fourth-order valence-corrected chi connectivity index (χ4v) is 2.03. The van der Waals surface area contributed by atoms with Crippen molar-refractivity contribution in [2.45, 2.75) is 6.10 Å². The molecule has 1 heterocycles. The standard InChI is InChI=1S/C11H8F2OS/c12-8-4-3-7(6-9(8)13)11(14)10-2-1-5-15-10/h1-6,11,14H. The third-order valence-corrected chi connectivity index (χ3v) is 3.00.